The molecule has 1 atom stereocenters. The highest BCUT2D eigenvalue weighted by atomic mass is 35.5. The lowest BCUT2D eigenvalue weighted by molar-refractivity contribution is -0.133. The van der Waals surface area contributed by atoms with Crippen molar-refractivity contribution in [3.05, 3.63) is 70.4 Å². The monoisotopic (exact) mass is 459 g/mol. The second-order valence-electron chi connectivity index (χ2n) is 7.47. The topological polar surface area (TPSA) is 135 Å². The van der Waals surface area contributed by atoms with Crippen LogP contribution in [-0.4, -0.2) is 36.0 Å². The zero-order valence-electron chi connectivity index (χ0n) is 16.6. The molecule has 2 heterocycles. The lowest BCUT2D eigenvalue weighted by Crippen LogP contribution is -2.32. The van der Waals surface area contributed by atoms with Gasteiger partial charge in [0.05, 0.1) is 35.3 Å². The van der Waals surface area contributed by atoms with Crippen LogP contribution in [-0.2, 0) is 27.9 Å². The van der Waals surface area contributed by atoms with E-state index in [9.17, 15) is 13.2 Å². The summed E-state index contributed by atoms with van der Waals surface area (Å²) in [5.41, 5.74) is 9.87. The lowest BCUT2D eigenvalue weighted by Gasteiger charge is -2.23. The number of rotatable bonds is 6. The number of amides is 1. The molecule has 1 amide bonds. The number of carbonyl (C=O) groups excluding carboxylic acids is 1. The summed E-state index contributed by atoms with van der Waals surface area (Å²) in [7, 11) is -3.76. The van der Waals surface area contributed by atoms with Crippen molar-refractivity contribution in [2.45, 2.75) is 30.3 Å². The normalized spacial score (nSPS) is 14.5. The molecular formula is C21H22ClN5O3S. The Kier molecular flexibility index (Phi) is 5.85. The van der Waals surface area contributed by atoms with Crippen LogP contribution in [0.3, 0.4) is 0 Å². The molecule has 162 valence electrons. The van der Waals surface area contributed by atoms with Gasteiger partial charge in [-0.25, -0.2) is 13.6 Å². The molecule has 1 aromatic heterocycles. The first-order valence-electron chi connectivity index (χ1n) is 9.71. The summed E-state index contributed by atoms with van der Waals surface area (Å²) >= 11 is 5.99. The standard InChI is InChI=1S/C21H22ClN5O3S/c22-15-5-1-13(2-6-15)17(9-10-23)21(28)27-11-18-19(12-27)25-26-20(18)14-3-7-16(8-4-14)31(24,29)30/h1-8,17H,9-12,23H2,(H,25,26)(H2,24,29,30). The summed E-state index contributed by atoms with van der Waals surface area (Å²) < 4.78 is 23.0. The number of primary sulfonamides is 1. The van der Waals surface area contributed by atoms with Crippen molar-refractivity contribution in [1.29, 1.82) is 0 Å². The number of halogens is 1. The second kappa shape index (κ2) is 8.43. The van der Waals surface area contributed by atoms with Gasteiger partial charge >= 0.3 is 0 Å². The number of hydrogen-bond acceptors (Lipinski definition) is 5. The van der Waals surface area contributed by atoms with Crippen molar-refractivity contribution >= 4 is 27.5 Å². The summed E-state index contributed by atoms with van der Waals surface area (Å²) in [5, 5.41) is 13.1. The van der Waals surface area contributed by atoms with Crippen LogP contribution < -0.4 is 10.9 Å². The minimum absolute atomic E-state index is 0.00658. The van der Waals surface area contributed by atoms with Gasteiger partial charge in [0.1, 0.15) is 0 Å². The van der Waals surface area contributed by atoms with Crippen LogP contribution in [0.1, 0.15) is 29.2 Å². The largest absolute Gasteiger partial charge is 0.332 e. The molecule has 0 radical (unpaired) electrons. The number of sulfonamides is 1. The first-order valence-corrected chi connectivity index (χ1v) is 11.6. The summed E-state index contributed by atoms with van der Waals surface area (Å²) in [6, 6.07) is 13.5. The van der Waals surface area contributed by atoms with E-state index in [-0.39, 0.29) is 16.7 Å². The van der Waals surface area contributed by atoms with Crippen LogP contribution in [0.5, 0.6) is 0 Å². The molecule has 2 aromatic carbocycles. The lowest BCUT2D eigenvalue weighted by atomic mass is 9.94. The van der Waals surface area contributed by atoms with E-state index in [1.54, 1.807) is 29.2 Å². The molecule has 1 aliphatic heterocycles. The molecule has 31 heavy (non-hydrogen) atoms. The number of aromatic nitrogens is 2. The van der Waals surface area contributed by atoms with E-state index >= 15 is 0 Å². The summed E-state index contributed by atoms with van der Waals surface area (Å²) in [6.07, 6.45) is 0.533. The van der Waals surface area contributed by atoms with E-state index in [4.69, 9.17) is 22.5 Å². The number of aromatic amines is 1. The number of nitrogens with two attached hydrogens (primary N) is 2. The van der Waals surface area contributed by atoms with Crippen molar-refractivity contribution in [2.24, 2.45) is 10.9 Å². The first-order chi connectivity index (χ1) is 14.8. The number of nitrogens with zero attached hydrogens (tertiary/aromatic N) is 2. The van der Waals surface area contributed by atoms with Crippen molar-refractivity contribution < 1.29 is 13.2 Å². The third kappa shape index (κ3) is 4.35. The van der Waals surface area contributed by atoms with E-state index in [1.807, 2.05) is 12.1 Å². The molecule has 1 unspecified atom stereocenters. The predicted octanol–water partition coefficient (Wildman–Crippen LogP) is 2.35. The average molecular weight is 460 g/mol. The molecule has 10 heteroatoms. The zero-order chi connectivity index (χ0) is 22.2. The number of fused-ring (bicyclic) bond motifs is 1. The molecule has 0 saturated carbocycles. The molecule has 0 bridgehead atoms. The Morgan fingerprint density at radius 3 is 2.42 bits per heavy atom. The van der Waals surface area contributed by atoms with Crippen molar-refractivity contribution in [1.82, 2.24) is 15.1 Å². The van der Waals surface area contributed by atoms with Crippen molar-refractivity contribution in [3.8, 4) is 11.3 Å². The molecular weight excluding hydrogens is 438 g/mol. The van der Waals surface area contributed by atoms with Gasteiger partial charge in [-0.3, -0.25) is 9.89 Å². The molecule has 0 spiro atoms. The van der Waals surface area contributed by atoms with E-state index in [0.29, 0.717) is 36.8 Å². The van der Waals surface area contributed by atoms with Crippen molar-refractivity contribution in [3.63, 3.8) is 0 Å². The average Bonchev–Trinajstić information content (AvgIpc) is 3.33. The third-order valence-electron chi connectivity index (χ3n) is 5.44. The maximum absolute atomic E-state index is 13.3. The smallest absolute Gasteiger partial charge is 0.238 e. The first kappa shape index (κ1) is 21.5. The minimum atomic E-state index is -3.76. The number of hydrogen-bond donors (Lipinski definition) is 3. The number of H-pyrrole nitrogens is 1. The SMILES string of the molecule is NCCC(C(=O)N1Cc2[nH]nc(-c3ccc(S(N)(=O)=O)cc3)c2C1)c1ccc(Cl)cc1. The minimum Gasteiger partial charge on any atom is -0.332 e. The van der Waals surface area contributed by atoms with Gasteiger partial charge in [0.2, 0.25) is 15.9 Å². The fraction of sp³-hybridized carbons (Fsp3) is 0.238. The van der Waals surface area contributed by atoms with Gasteiger partial charge in [-0.15, -0.1) is 0 Å². The number of benzene rings is 2. The highest BCUT2D eigenvalue weighted by molar-refractivity contribution is 7.89. The molecule has 0 saturated heterocycles. The summed E-state index contributed by atoms with van der Waals surface area (Å²) in [5.74, 6) is -0.357. The van der Waals surface area contributed by atoms with E-state index in [0.717, 1.165) is 22.4 Å². The van der Waals surface area contributed by atoms with Gasteiger partial charge < -0.3 is 10.6 Å². The quantitative estimate of drug-likeness (QED) is 0.520. The molecule has 1 aliphatic rings. The molecule has 5 N–H and O–H groups in total. The fourth-order valence-electron chi connectivity index (χ4n) is 3.85. The third-order valence-corrected chi connectivity index (χ3v) is 6.63. The summed E-state index contributed by atoms with van der Waals surface area (Å²) in [4.78, 5) is 15.1. The number of nitrogens with one attached hydrogen (secondary N) is 1. The van der Waals surface area contributed by atoms with Gasteiger partial charge in [-0.1, -0.05) is 35.9 Å². The maximum Gasteiger partial charge on any atom is 0.238 e. The fourth-order valence-corrected chi connectivity index (χ4v) is 4.49. The highest BCUT2D eigenvalue weighted by Crippen LogP contribution is 2.33. The second-order valence-corrected chi connectivity index (χ2v) is 9.47. The molecule has 0 aliphatic carbocycles. The van der Waals surface area contributed by atoms with Gasteiger partial charge in [-0.05, 0) is 42.8 Å². The zero-order valence-corrected chi connectivity index (χ0v) is 18.2. The Hall–Kier alpha value is -2.72. The maximum atomic E-state index is 13.3. The number of carbonyl (C=O) groups is 1. The van der Waals surface area contributed by atoms with E-state index in [2.05, 4.69) is 10.2 Å². The Bertz CT molecular complexity index is 1210. The Morgan fingerprint density at radius 2 is 1.81 bits per heavy atom. The molecule has 4 rings (SSSR count). The van der Waals surface area contributed by atoms with Gasteiger partial charge in [0.25, 0.3) is 0 Å². The van der Waals surface area contributed by atoms with Gasteiger partial charge in [0, 0.05) is 16.1 Å². The molecule has 8 nitrogen and oxygen atoms in total. The summed E-state index contributed by atoms with van der Waals surface area (Å²) in [6.45, 7) is 1.22. The van der Waals surface area contributed by atoms with E-state index < -0.39 is 10.0 Å². The van der Waals surface area contributed by atoms with Crippen LogP contribution in [0.4, 0.5) is 0 Å². The molecule has 0 fully saturated rings. The highest BCUT2D eigenvalue weighted by Gasteiger charge is 2.32. The molecule has 3 aromatic rings. The van der Waals surface area contributed by atoms with Crippen LogP contribution >= 0.6 is 11.6 Å². The van der Waals surface area contributed by atoms with E-state index in [1.165, 1.54) is 12.1 Å². The predicted molar refractivity (Wildman–Crippen MR) is 118 cm³/mol. The van der Waals surface area contributed by atoms with Gasteiger partial charge in [0.15, 0.2) is 0 Å². The van der Waals surface area contributed by atoms with Crippen LogP contribution in [0, 0.1) is 0 Å². The van der Waals surface area contributed by atoms with Gasteiger partial charge in [-0.2, -0.15) is 5.10 Å². The van der Waals surface area contributed by atoms with Crippen LogP contribution in [0.25, 0.3) is 11.3 Å². The Morgan fingerprint density at radius 1 is 1.13 bits per heavy atom. The Balaban J connectivity index is 1.56. The van der Waals surface area contributed by atoms with Crippen LogP contribution in [0.2, 0.25) is 5.02 Å². The van der Waals surface area contributed by atoms with Crippen molar-refractivity contribution in [2.75, 3.05) is 6.54 Å². The Labute approximate surface area is 185 Å². The van der Waals surface area contributed by atoms with Crippen LogP contribution in [0.15, 0.2) is 53.4 Å².